The van der Waals surface area contributed by atoms with E-state index in [1.807, 2.05) is 6.92 Å². The van der Waals surface area contributed by atoms with E-state index in [1.165, 1.54) is 36.4 Å². The van der Waals surface area contributed by atoms with E-state index in [1.54, 1.807) is 18.2 Å². The molecule has 5 rings (SSSR count). The summed E-state index contributed by atoms with van der Waals surface area (Å²) >= 11 is 0. The number of pyridine rings is 2. The summed E-state index contributed by atoms with van der Waals surface area (Å²) in [5.74, 6) is -2.45. The van der Waals surface area contributed by atoms with Crippen molar-refractivity contribution in [2.75, 3.05) is 0 Å². The summed E-state index contributed by atoms with van der Waals surface area (Å²) in [6.45, 7) is 1.84. The van der Waals surface area contributed by atoms with Crippen LogP contribution in [0.1, 0.15) is 5.56 Å². The Morgan fingerprint density at radius 3 is 2.11 bits per heavy atom. The van der Waals surface area contributed by atoms with Crippen molar-refractivity contribution in [3.8, 4) is 22.4 Å². The highest BCUT2D eigenvalue weighted by molar-refractivity contribution is 7.85. The molecule has 5 aromatic rings. The molecule has 0 atom stereocenters. The first kappa shape index (κ1) is 24.8. The number of nitrogens with zero attached hydrogens (tertiary/aromatic N) is 2. The smallest absolute Gasteiger partial charge is 0.304 e. The molecule has 0 bridgehead atoms. The Hall–Kier alpha value is -4.29. The molecule has 3 aromatic heterocycles. The number of aryl methyl sites for hydroxylation is 1. The Kier molecular flexibility index (Phi) is 6.73. The molecular formula is C24H17F3N4O4S. The van der Waals surface area contributed by atoms with Crippen LogP contribution in [0.3, 0.4) is 0 Å². The van der Waals surface area contributed by atoms with Crippen molar-refractivity contribution < 1.29 is 26.1 Å². The second-order valence-corrected chi connectivity index (χ2v) is 9.03. The first-order valence-corrected chi connectivity index (χ1v) is 11.7. The predicted molar refractivity (Wildman–Crippen MR) is 126 cm³/mol. The third-order valence-corrected chi connectivity index (χ3v) is 5.94. The average molecular weight is 514 g/mol. The van der Waals surface area contributed by atoms with Crippen molar-refractivity contribution in [2.24, 2.45) is 0 Å². The van der Waals surface area contributed by atoms with Gasteiger partial charge in [0.1, 0.15) is 5.82 Å². The van der Waals surface area contributed by atoms with Gasteiger partial charge in [0.2, 0.25) is 0 Å². The second-order valence-electron chi connectivity index (χ2n) is 7.61. The van der Waals surface area contributed by atoms with Gasteiger partial charge in [-0.15, -0.1) is 0 Å². The number of rotatable bonds is 3. The van der Waals surface area contributed by atoms with Gasteiger partial charge in [-0.3, -0.25) is 14.5 Å². The average Bonchev–Trinajstić information content (AvgIpc) is 3.18. The first-order chi connectivity index (χ1) is 17.0. The Balaban J connectivity index is 0.000000233. The monoisotopic (exact) mass is 514 g/mol. The lowest BCUT2D eigenvalue weighted by molar-refractivity contribution is 0.483. The van der Waals surface area contributed by atoms with Gasteiger partial charge in [0.25, 0.3) is 10.1 Å². The SMILES string of the molecule is Cc1ccc(S(=O)(=O)O)cc1.O=c1[nH]c2cc(-c3c(F)cncc3F)c(-c3ccccc3F)nc2[nH]1. The van der Waals surface area contributed by atoms with Gasteiger partial charge in [-0.1, -0.05) is 29.8 Å². The second kappa shape index (κ2) is 9.76. The molecule has 0 radical (unpaired) electrons. The standard InChI is InChI=1S/C17H9F3N4O.C7H8O3S/c18-10-4-2-1-3-8(10)15-9(14-11(19)6-21-7-12(14)20)5-13-16(23-15)24-17(25)22-13;1-6-2-4-7(5-3-6)11(8,9)10/h1-7H,(H2,22,23,24,25);2-5H,1H3,(H,8,9,10). The molecule has 3 heterocycles. The predicted octanol–water partition coefficient (Wildman–Crippen LogP) is 4.64. The van der Waals surface area contributed by atoms with Gasteiger partial charge in [0, 0.05) is 11.1 Å². The van der Waals surface area contributed by atoms with Crippen LogP contribution in [0.25, 0.3) is 33.5 Å². The van der Waals surface area contributed by atoms with Crippen LogP contribution >= 0.6 is 0 Å². The summed E-state index contributed by atoms with van der Waals surface area (Å²) in [4.78, 5) is 24.0. The topological polar surface area (TPSA) is 129 Å². The zero-order valence-corrected chi connectivity index (χ0v) is 19.3. The summed E-state index contributed by atoms with van der Waals surface area (Å²) in [7, 11) is -4.02. The lowest BCUT2D eigenvalue weighted by Crippen LogP contribution is -1.99. The number of benzene rings is 2. The lowest BCUT2D eigenvalue weighted by atomic mass is 9.98. The number of halogens is 3. The van der Waals surface area contributed by atoms with Crippen LogP contribution in [0.2, 0.25) is 0 Å². The van der Waals surface area contributed by atoms with Gasteiger partial charge in [0.05, 0.1) is 34.1 Å². The van der Waals surface area contributed by atoms with E-state index in [0.29, 0.717) is 0 Å². The van der Waals surface area contributed by atoms with Crippen molar-refractivity contribution in [1.29, 1.82) is 0 Å². The van der Waals surface area contributed by atoms with E-state index in [4.69, 9.17) is 4.55 Å². The maximum Gasteiger partial charge on any atom is 0.325 e. The maximum absolute atomic E-state index is 14.3. The molecule has 2 aromatic carbocycles. The summed E-state index contributed by atoms with van der Waals surface area (Å²) in [5, 5.41) is 0. The van der Waals surface area contributed by atoms with E-state index in [2.05, 4.69) is 19.9 Å². The fraction of sp³-hybridized carbons (Fsp3) is 0.0417. The molecule has 8 nitrogen and oxygen atoms in total. The minimum absolute atomic E-state index is 0.00449. The lowest BCUT2D eigenvalue weighted by Gasteiger charge is -2.11. The zero-order chi connectivity index (χ0) is 26.0. The van der Waals surface area contributed by atoms with Crippen LogP contribution < -0.4 is 5.69 Å². The van der Waals surface area contributed by atoms with Crippen LogP contribution in [0.4, 0.5) is 13.2 Å². The normalized spacial score (nSPS) is 11.2. The molecule has 0 amide bonds. The van der Waals surface area contributed by atoms with E-state index in [-0.39, 0.29) is 32.9 Å². The van der Waals surface area contributed by atoms with Crippen LogP contribution in [0, 0.1) is 24.4 Å². The highest BCUT2D eigenvalue weighted by Gasteiger charge is 2.21. The number of aromatic nitrogens is 4. The van der Waals surface area contributed by atoms with E-state index < -0.39 is 38.8 Å². The molecular weight excluding hydrogens is 497 g/mol. The Morgan fingerprint density at radius 1 is 0.861 bits per heavy atom. The number of aromatic amines is 2. The zero-order valence-electron chi connectivity index (χ0n) is 18.5. The highest BCUT2D eigenvalue weighted by atomic mass is 32.2. The maximum atomic E-state index is 14.3. The van der Waals surface area contributed by atoms with Crippen LogP contribution in [-0.4, -0.2) is 32.9 Å². The third-order valence-electron chi connectivity index (χ3n) is 5.07. The van der Waals surface area contributed by atoms with Gasteiger partial charge in [-0.05, 0) is 37.3 Å². The van der Waals surface area contributed by atoms with Crippen LogP contribution in [0.15, 0.2) is 76.7 Å². The fourth-order valence-electron chi connectivity index (χ4n) is 3.39. The molecule has 12 heteroatoms. The molecule has 0 aliphatic rings. The number of H-pyrrole nitrogens is 2. The van der Waals surface area contributed by atoms with E-state index in [0.717, 1.165) is 18.0 Å². The molecule has 0 saturated carbocycles. The Labute approximate surface area is 202 Å². The number of hydrogen-bond donors (Lipinski definition) is 3. The van der Waals surface area contributed by atoms with Crippen molar-refractivity contribution in [2.45, 2.75) is 11.8 Å². The molecule has 0 unspecified atom stereocenters. The van der Waals surface area contributed by atoms with Gasteiger partial charge in [0.15, 0.2) is 17.3 Å². The van der Waals surface area contributed by atoms with Gasteiger partial charge in [-0.25, -0.2) is 22.9 Å². The van der Waals surface area contributed by atoms with Gasteiger partial charge in [-0.2, -0.15) is 8.42 Å². The molecule has 184 valence electrons. The molecule has 0 fully saturated rings. The van der Waals surface area contributed by atoms with Crippen molar-refractivity contribution in [1.82, 2.24) is 19.9 Å². The molecule has 3 N–H and O–H groups in total. The minimum Gasteiger partial charge on any atom is -0.304 e. The van der Waals surface area contributed by atoms with Crippen LogP contribution in [-0.2, 0) is 10.1 Å². The van der Waals surface area contributed by atoms with Gasteiger partial charge >= 0.3 is 5.69 Å². The number of imidazole rings is 1. The van der Waals surface area contributed by atoms with Gasteiger partial charge < -0.3 is 4.98 Å². The van der Waals surface area contributed by atoms with Crippen molar-refractivity contribution in [3.63, 3.8) is 0 Å². The van der Waals surface area contributed by atoms with E-state index in [9.17, 15) is 26.4 Å². The van der Waals surface area contributed by atoms with Crippen molar-refractivity contribution in [3.05, 3.63) is 100 Å². The van der Waals surface area contributed by atoms with E-state index >= 15 is 0 Å². The molecule has 0 spiro atoms. The molecule has 0 saturated heterocycles. The number of hydrogen-bond acceptors (Lipinski definition) is 5. The Bertz CT molecular complexity index is 1710. The third kappa shape index (κ3) is 5.19. The highest BCUT2D eigenvalue weighted by Crippen LogP contribution is 2.36. The summed E-state index contributed by atoms with van der Waals surface area (Å²) in [6, 6.07) is 13.1. The van der Waals surface area contributed by atoms with Crippen LogP contribution in [0.5, 0.6) is 0 Å². The minimum atomic E-state index is -4.02. The Morgan fingerprint density at radius 2 is 1.50 bits per heavy atom. The summed E-state index contributed by atoms with van der Waals surface area (Å²) < 4.78 is 72.3. The molecule has 0 aliphatic heterocycles. The number of fused-ring (bicyclic) bond motifs is 1. The fourth-order valence-corrected chi connectivity index (χ4v) is 3.87. The first-order valence-electron chi connectivity index (χ1n) is 10.3. The largest absolute Gasteiger partial charge is 0.325 e. The number of nitrogens with one attached hydrogen (secondary N) is 2. The van der Waals surface area contributed by atoms with Crippen molar-refractivity contribution >= 4 is 21.3 Å². The molecule has 36 heavy (non-hydrogen) atoms. The summed E-state index contributed by atoms with van der Waals surface area (Å²) in [5.41, 5.74) is 0.488. The molecule has 0 aliphatic carbocycles. The quantitative estimate of drug-likeness (QED) is 0.301. The summed E-state index contributed by atoms with van der Waals surface area (Å²) in [6.07, 6.45) is 1.71.